The number of halogens is 1. The Hall–Kier alpha value is -0.380. The Morgan fingerprint density at radius 1 is 1.36 bits per heavy atom. The van der Waals surface area contributed by atoms with E-state index in [1.807, 2.05) is 30.3 Å². The maximum atomic E-state index is 9.60. The molecule has 76 valence electrons. The first-order valence-electron chi connectivity index (χ1n) is 4.77. The van der Waals surface area contributed by atoms with Crippen LogP contribution in [0, 0.1) is 0 Å². The van der Waals surface area contributed by atoms with E-state index >= 15 is 0 Å². The van der Waals surface area contributed by atoms with Gasteiger partial charge in [-0.15, -0.1) is 0 Å². The molecule has 1 fully saturated rings. The van der Waals surface area contributed by atoms with Crippen LogP contribution < -0.4 is 0 Å². The van der Waals surface area contributed by atoms with Crippen molar-refractivity contribution in [2.24, 2.45) is 0 Å². The molecule has 1 aromatic carbocycles. The van der Waals surface area contributed by atoms with Crippen molar-refractivity contribution in [3.8, 4) is 0 Å². The first-order chi connectivity index (χ1) is 6.71. The molecule has 1 aromatic rings. The predicted molar refractivity (Wildman–Crippen MR) is 58.2 cm³/mol. The van der Waals surface area contributed by atoms with Crippen LogP contribution in [0.1, 0.15) is 18.4 Å². The Morgan fingerprint density at radius 3 is 2.71 bits per heavy atom. The van der Waals surface area contributed by atoms with Crippen LogP contribution in [0.3, 0.4) is 0 Å². The monoisotopic (exact) mass is 256 g/mol. The van der Waals surface area contributed by atoms with Crippen LogP contribution in [0.25, 0.3) is 0 Å². The van der Waals surface area contributed by atoms with E-state index in [0.29, 0.717) is 13.0 Å². The molecule has 2 unspecified atom stereocenters. The molecule has 0 amide bonds. The number of rotatable bonds is 1. The summed E-state index contributed by atoms with van der Waals surface area (Å²) in [6, 6.07) is 9.93. The number of alkyl halides is 1. The lowest BCUT2D eigenvalue weighted by molar-refractivity contribution is -0.0628. The zero-order valence-corrected chi connectivity index (χ0v) is 9.40. The quantitative estimate of drug-likeness (QED) is 0.783. The van der Waals surface area contributed by atoms with Crippen molar-refractivity contribution in [3.63, 3.8) is 0 Å². The molecule has 1 saturated heterocycles. The average molecular weight is 257 g/mol. The van der Waals surface area contributed by atoms with Gasteiger partial charge in [0.05, 0.1) is 12.7 Å². The fourth-order valence-electron chi connectivity index (χ4n) is 1.71. The summed E-state index contributed by atoms with van der Waals surface area (Å²) in [6.07, 6.45) is 1.06. The molecule has 0 aromatic heterocycles. The Bertz CT molecular complexity index is 301. The number of benzene rings is 1. The third kappa shape index (κ3) is 2.00. The summed E-state index contributed by atoms with van der Waals surface area (Å²) in [4.78, 5) is 0. The van der Waals surface area contributed by atoms with Crippen LogP contribution in [-0.2, 0) is 9.25 Å². The summed E-state index contributed by atoms with van der Waals surface area (Å²) in [6.45, 7) is 0.599. The van der Waals surface area contributed by atoms with E-state index < -0.39 is 4.51 Å². The van der Waals surface area contributed by atoms with Crippen molar-refractivity contribution in [1.82, 2.24) is 0 Å². The van der Waals surface area contributed by atoms with Gasteiger partial charge in [-0.1, -0.05) is 30.3 Å². The van der Waals surface area contributed by atoms with E-state index in [-0.39, 0.29) is 6.10 Å². The number of aliphatic hydroxyl groups excluding tert-OH is 1. The van der Waals surface area contributed by atoms with Gasteiger partial charge in [-0.2, -0.15) is 0 Å². The zero-order chi connectivity index (χ0) is 10.0. The summed E-state index contributed by atoms with van der Waals surface area (Å²) in [5.41, 5.74) is 1.07. The first kappa shape index (κ1) is 10.1. The van der Waals surface area contributed by atoms with Crippen LogP contribution in [0.2, 0.25) is 0 Å². The molecule has 0 aliphatic carbocycles. The minimum absolute atomic E-state index is 0.275. The van der Waals surface area contributed by atoms with Crippen molar-refractivity contribution in [1.29, 1.82) is 0 Å². The van der Waals surface area contributed by atoms with Crippen molar-refractivity contribution in [3.05, 3.63) is 35.9 Å². The molecule has 1 aliphatic rings. The van der Waals surface area contributed by atoms with E-state index in [0.717, 1.165) is 12.0 Å². The topological polar surface area (TPSA) is 29.5 Å². The summed E-state index contributed by atoms with van der Waals surface area (Å²) >= 11 is 3.56. The normalized spacial score (nSPS) is 32.9. The number of aliphatic hydroxyl groups is 1. The van der Waals surface area contributed by atoms with Gasteiger partial charge in [-0.3, -0.25) is 0 Å². The van der Waals surface area contributed by atoms with Gasteiger partial charge in [0.1, 0.15) is 0 Å². The maximum Gasteiger partial charge on any atom is 0.150 e. The average Bonchev–Trinajstić information content (AvgIpc) is 2.19. The molecule has 0 bridgehead atoms. The van der Waals surface area contributed by atoms with Gasteiger partial charge in [-0.25, -0.2) is 0 Å². The second kappa shape index (κ2) is 4.01. The lowest BCUT2D eigenvalue weighted by Gasteiger charge is -2.34. The fourth-order valence-corrected chi connectivity index (χ4v) is 2.51. The summed E-state index contributed by atoms with van der Waals surface area (Å²) in [5.74, 6) is 0. The Morgan fingerprint density at radius 2 is 2.07 bits per heavy atom. The maximum absolute atomic E-state index is 9.60. The second-order valence-corrected chi connectivity index (χ2v) is 4.87. The molecular weight excluding hydrogens is 244 g/mol. The fraction of sp³-hybridized carbons (Fsp3) is 0.455. The zero-order valence-electron chi connectivity index (χ0n) is 7.82. The van der Waals surface area contributed by atoms with Crippen LogP contribution in [0.15, 0.2) is 30.3 Å². The molecule has 2 atom stereocenters. The molecule has 2 nitrogen and oxygen atoms in total. The molecular formula is C11H13BrO2. The Labute approximate surface area is 92.0 Å². The number of hydrogen-bond donors (Lipinski definition) is 1. The van der Waals surface area contributed by atoms with Crippen LogP contribution in [-0.4, -0.2) is 17.8 Å². The van der Waals surface area contributed by atoms with Gasteiger partial charge < -0.3 is 9.84 Å². The highest BCUT2D eigenvalue weighted by atomic mass is 79.9. The molecule has 3 heteroatoms. The molecule has 1 aliphatic heterocycles. The summed E-state index contributed by atoms with van der Waals surface area (Å²) in [5, 5.41) is 9.60. The van der Waals surface area contributed by atoms with E-state index in [2.05, 4.69) is 15.9 Å². The standard InChI is InChI=1S/C11H13BrO2/c12-11(8-10(13)6-7-14-11)9-4-2-1-3-5-9/h1-5,10,13H,6-8H2. The van der Waals surface area contributed by atoms with E-state index in [9.17, 15) is 5.11 Å². The molecule has 1 N–H and O–H groups in total. The third-order valence-corrected chi connectivity index (χ3v) is 3.50. The highest BCUT2D eigenvalue weighted by molar-refractivity contribution is 9.09. The molecule has 0 spiro atoms. The van der Waals surface area contributed by atoms with Crippen LogP contribution in [0.4, 0.5) is 0 Å². The minimum atomic E-state index is -0.494. The van der Waals surface area contributed by atoms with Gasteiger partial charge in [0.2, 0.25) is 0 Å². The van der Waals surface area contributed by atoms with Gasteiger partial charge in [0.25, 0.3) is 0 Å². The van der Waals surface area contributed by atoms with E-state index in [1.165, 1.54) is 0 Å². The smallest absolute Gasteiger partial charge is 0.150 e. The highest BCUT2D eigenvalue weighted by Crippen LogP contribution is 2.40. The summed E-state index contributed by atoms with van der Waals surface area (Å²) < 4.78 is 5.18. The molecule has 1 heterocycles. The second-order valence-electron chi connectivity index (χ2n) is 3.59. The van der Waals surface area contributed by atoms with Gasteiger partial charge >= 0.3 is 0 Å². The van der Waals surface area contributed by atoms with Crippen molar-refractivity contribution in [2.45, 2.75) is 23.5 Å². The summed E-state index contributed by atoms with van der Waals surface area (Å²) in [7, 11) is 0. The lowest BCUT2D eigenvalue weighted by Crippen LogP contribution is -2.34. The van der Waals surface area contributed by atoms with Crippen molar-refractivity contribution < 1.29 is 9.84 Å². The third-order valence-electron chi connectivity index (χ3n) is 2.48. The first-order valence-corrected chi connectivity index (χ1v) is 5.56. The Balaban J connectivity index is 2.23. The lowest BCUT2D eigenvalue weighted by atomic mass is 9.99. The minimum Gasteiger partial charge on any atom is -0.393 e. The van der Waals surface area contributed by atoms with Crippen LogP contribution in [0.5, 0.6) is 0 Å². The van der Waals surface area contributed by atoms with Gasteiger partial charge in [-0.05, 0) is 27.9 Å². The SMILES string of the molecule is OC1CCOC(Br)(c2ccccc2)C1. The number of ether oxygens (including phenoxy) is 1. The Kier molecular flexibility index (Phi) is 2.91. The van der Waals surface area contributed by atoms with Crippen molar-refractivity contribution >= 4 is 15.9 Å². The number of hydrogen-bond acceptors (Lipinski definition) is 2. The highest BCUT2D eigenvalue weighted by Gasteiger charge is 2.35. The van der Waals surface area contributed by atoms with E-state index in [1.54, 1.807) is 0 Å². The van der Waals surface area contributed by atoms with E-state index in [4.69, 9.17) is 4.74 Å². The largest absolute Gasteiger partial charge is 0.393 e. The van der Waals surface area contributed by atoms with Gasteiger partial charge in [0, 0.05) is 6.42 Å². The molecule has 0 radical (unpaired) electrons. The predicted octanol–water partition coefficient (Wildman–Crippen LogP) is 2.41. The van der Waals surface area contributed by atoms with Crippen LogP contribution >= 0.6 is 15.9 Å². The molecule has 2 rings (SSSR count). The van der Waals surface area contributed by atoms with Crippen molar-refractivity contribution in [2.75, 3.05) is 6.61 Å². The van der Waals surface area contributed by atoms with Gasteiger partial charge in [0.15, 0.2) is 4.51 Å². The molecule has 0 saturated carbocycles. The molecule has 14 heavy (non-hydrogen) atoms.